The quantitative estimate of drug-likeness (QED) is 0.602. The molecule has 2 N–H and O–H groups in total. The van der Waals surface area contributed by atoms with Gasteiger partial charge in [-0.05, 0) is 23.3 Å². The third-order valence-corrected chi connectivity index (χ3v) is 1.80. The van der Waals surface area contributed by atoms with Gasteiger partial charge in [0.05, 0.1) is 0 Å². The molecule has 0 atom stereocenters. The fourth-order valence-corrected chi connectivity index (χ4v) is 1.18. The van der Waals surface area contributed by atoms with Gasteiger partial charge in [0.15, 0.2) is 0 Å². The Labute approximate surface area is 65.8 Å². The first-order chi connectivity index (χ1) is 5.36. The summed E-state index contributed by atoms with van der Waals surface area (Å²) in [5.74, 6) is 0. The van der Waals surface area contributed by atoms with Gasteiger partial charge in [0.25, 0.3) is 0 Å². The van der Waals surface area contributed by atoms with Crippen LogP contribution in [0.5, 0.6) is 0 Å². The molecule has 0 spiro atoms. The molecule has 0 aromatic heterocycles. The van der Waals surface area contributed by atoms with Crippen molar-refractivity contribution in [1.82, 2.24) is 0 Å². The molecular formula is C10H9N. The summed E-state index contributed by atoms with van der Waals surface area (Å²) in [5, 5.41) is 0. The van der Waals surface area contributed by atoms with Crippen molar-refractivity contribution in [2.45, 2.75) is 0 Å². The second kappa shape index (κ2) is 2.27. The molecule has 0 fully saturated rings. The fourth-order valence-electron chi connectivity index (χ4n) is 1.18. The maximum atomic E-state index is 5.62. The monoisotopic (exact) mass is 143 g/mol. The van der Waals surface area contributed by atoms with Crippen LogP contribution in [-0.2, 0) is 0 Å². The SMILES string of the molecule is Nc1ccc2cccc-2cc1. The van der Waals surface area contributed by atoms with Crippen LogP contribution in [0.1, 0.15) is 0 Å². The molecule has 1 nitrogen and oxygen atoms in total. The highest BCUT2D eigenvalue weighted by Gasteiger charge is 1.96. The zero-order chi connectivity index (χ0) is 7.68. The van der Waals surface area contributed by atoms with E-state index in [4.69, 9.17) is 5.73 Å². The van der Waals surface area contributed by atoms with Crippen molar-refractivity contribution in [2.24, 2.45) is 0 Å². The van der Waals surface area contributed by atoms with E-state index in [-0.39, 0.29) is 0 Å². The lowest BCUT2D eigenvalue weighted by atomic mass is 10.2. The molecule has 54 valence electrons. The molecule has 0 saturated heterocycles. The van der Waals surface area contributed by atoms with Crippen LogP contribution >= 0.6 is 0 Å². The highest BCUT2D eigenvalue weighted by molar-refractivity contribution is 5.67. The van der Waals surface area contributed by atoms with Crippen LogP contribution in [0.25, 0.3) is 11.1 Å². The number of anilines is 1. The maximum absolute atomic E-state index is 5.62. The third kappa shape index (κ3) is 1.05. The Kier molecular flexibility index (Phi) is 1.29. The summed E-state index contributed by atoms with van der Waals surface area (Å²) in [6.45, 7) is 0. The summed E-state index contributed by atoms with van der Waals surface area (Å²) in [7, 11) is 0. The minimum atomic E-state index is 0.807. The van der Waals surface area contributed by atoms with E-state index in [1.807, 2.05) is 30.3 Å². The standard InChI is InChI=1S/C10H9N/c11-10-6-4-8-2-1-3-9(8)5-7-10/h1-7H,11H2. The van der Waals surface area contributed by atoms with Crippen LogP contribution in [0.4, 0.5) is 5.69 Å². The van der Waals surface area contributed by atoms with Gasteiger partial charge in [-0.2, -0.15) is 0 Å². The van der Waals surface area contributed by atoms with Gasteiger partial charge in [-0.25, -0.2) is 0 Å². The summed E-state index contributed by atoms with van der Waals surface area (Å²) in [6, 6.07) is 14.1. The molecule has 0 amide bonds. The predicted octanol–water partition coefficient (Wildman–Crippen LogP) is 2.37. The summed E-state index contributed by atoms with van der Waals surface area (Å²) in [6.07, 6.45) is 0. The molecule has 0 bridgehead atoms. The van der Waals surface area contributed by atoms with Gasteiger partial charge in [0.2, 0.25) is 0 Å². The van der Waals surface area contributed by atoms with Gasteiger partial charge in [-0.1, -0.05) is 30.3 Å². The van der Waals surface area contributed by atoms with Crippen molar-refractivity contribution in [3.8, 4) is 11.1 Å². The Bertz CT molecular complexity index is 310. The van der Waals surface area contributed by atoms with Crippen LogP contribution in [0.2, 0.25) is 0 Å². The van der Waals surface area contributed by atoms with Gasteiger partial charge in [0, 0.05) is 5.69 Å². The van der Waals surface area contributed by atoms with E-state index in [2.05, 4.69) is 12.1 Å². The van der Waals surface area contributed by atoms with E-state index in [0.29, 0.717) is 0 Å². The van der Waals surface area contributed by atoms with Gasteiger partial charge in [-0.15, -0.1) is 0 Å². The Morgan fingerprint density at radius 2 is 1.27 bits per heavy atom. The molecule has 2 aliphatic rings. The van der Waals surface area contributed by atoms with E-state index in [1.54, 1.807) is 0 Å². The molecule has 2 rings (SSSR count). The number of hydrogen-bond donors (Lipinski definition) is 1. The first-order valence-electron chi connectivity index (χ1n) is 3.60. The second-order valence-corrected chi connectivity index (χ2v) is 2.60. The molecule has 0 aliphatic heterocycles. The molecule has 1 heteroatoms. The Morgan fingerprint density at radius 3 is 1.82 bits per heavy atom. The third-order valence-electron chi connectivity index (χ3n) is 1.80. The minimum Gasteiger partial charge on any atom is -0.399 e. The van der Waals surface area contributed by atoms with Crippen LogP contribution in [-0.4, -0.2) is 0 Å². The first-order valence-corrected chi connectivity index (χ1v) is 3.60. The van der Waals surface area contributed by atoms with E-state index in [9.17, 15) is 0 Å². The zero-order valence-electron chi connectivity index (χ0n) is 6.12. The average molecular weight is 143 g/mol. The van der Waals surface area contributed by atoms with Crippen LogP contribution < -0.4 is 5.73 Å². The average Bonchev–Trinajstić information content (AvgIpc) is 2.38. The van der Waals surface area contributed by atoms with Gasteiger partial charge >= 0.3 is 0 Å². The van der Waals surface area contributed by atoms with E-state index < -0.39 is 0 Å². The molecule has 0 saturated carbocycles. The Hall–Kier alpha value is -1.50. The van der Waals surface area contributed by atoms with Crippen molar-refractivity contribution < 1.29 is 0 Å². The van der Waals surface area contributed by atoms with Crippen molar-refractivity contribution in [2.75, 3.05) is 5.73 Å². The smallest absolute Gasteiger partial charge is 0.0314 e. The predicted molar refractivity (Wildman–Crippen MR) is 47.5 cm³/mol. The molecular weight excluding hydrogens is 134 g/mol. The highest BCUT2D eigenvalue weighted by atomic mass is 14.5. The van der Waals surface area contributed by atoms with E-state index in [0.717, 1.165) is 5.69 Å². The fraction of sp³-hybridized carbons (Fsp3) is 0. The molecule has 0 heterocycles. The first kappa shape index (κ1) is 6.23. The Morgan fingerprint density at radius 1 is 0.727 bits per heavy atom. The lowest BCUT2D eigenvalue weighted by Gasteiger charge is -1.85. The highest BCUT2D eigenvalue weighted by Crippen LogP contribution is 2.21. The zero-order valence-corrected chi connectivity index (χ0v) is 6.12. The maximum Gasteiger partial charge on any atom is 0.0314 e. The normalized spacial score (nSPS) is 10.2. The van der Waals surface area contributed by atoms with Crippen molar-refractivity contribution in [1.29, 1.82) is 0 Å². The molecule has 0 aromatic rings. The van der Waals surface area contributed by atoms with Crippen molar-refractivity contribution >= 4 is 5.69 Å². The number of fused-ring (bicyclic) bond motifs is 1. The number of nitrogens with two attached hydrogens (primary N) is 1. The van der Waals surface area contributed by atoms with Crippen molar-refractivity contribution in [3.63, 3.8) is 0 Å². The topological polar surface area (TPSA) is 26.0 Å². The number of hydrogen-bond acceptors (Lipinski definition) is 1. The lowest BCUT2D eigenvalue weighted by Crippen LogP contribution is -1.77. The van der Waals surface area contributed by atoms with Gasteiger partial charge < -0.3 is 5.73 Å². The summed E-state index contributed by atoms with van der Waals surface area (Å²) >= 11 is 0. The number of rotatable bonds is 0. The van der Waals surface area contributed by atoms with Crippen molar-refractivity contribution in [3.05, 3.63) is 42.5 Å². The van der Waals surface area contributed by atoms with E-state index >= 15 is 0 Å². The summed E-state index contributed by atoms with van der Waals surface area (Å²) in [5.41, 5.74) is 8.90. The second-order valence-electron chi connectivity index (χ2n) is 2.60. The lowest BCUT2D eigenvalue weighted by molar-refractivity contribution is 1.79. The van der Waals surface area contributed by atoms with Gasteiger partial charge in [0.1, 0.15) is 0 Å². The van der Waals surface area contributed by atoms with E-state index in [1.165, 1.54) is 11.1 Å². The van der Waals surface area contributed by atoms with Crippen LogP contribution in [0.15, 0.2) is 42.5 Å². The number of nitrogen functional groups attached to an aromatic ring is 1. The molecule has 2 aliphatic carbocycles. The molecule has 11 heavy (non-hydrogen) atoms. The molecule has 0 aromatic carbocycles. The van der Waals surface area contributed by atoms with Gasteiger partial charge in [-0.3, -0.25) is 0 Å². The van der Waals surface area contributed by atoms with Crippen LogP contribution in [0, 0.1) is 0 Å². The Balaban J connectivity index is 2.71. The van der Waals surface area contributed by atoms with Crippen LogP contribution in [0.3, 0.4) is 0 Å². The summed E-state index contributed by atoms with van der Waals surface area (Å²) < 4.78 is 0. The minimum absolute atomic E-state index is 0.807. The molecule has 0 unspecified atom stereocenters. The molecule has 0 radical (unpaired) electrons. The largest absolute Gasteiger partial charge is 0.399 e. The summed E-state index contributed by atoms with van der Waals surface area (Å²) in [4.78, 5) is 0.